The van der Waals surface area contributed by atoms with Gasteiger partial charge in [-0.15, -0.1) is 0 Å². The van der Waals surface area contributed by atoms with Crippen LogP contribution in [0.3, 0.4) is 0 Å². The van der Waals surface area contributed by atoms with Gasteiger partial charge in [0, 0.05) is 12.0 Å². The first-order valence-electron chi connectivity index (χ1n) is 4.04. The van der Waals surface area contributed by atoms with E-state index in [1.165, 1.54) is 0 Å². The van der Waals surface area contributed by atoms with Gasteiger partial charge in [0.25, 0.3) is 0 Å². The SMILES string of the molecule is CC(=O)[O-].N#Cc1cc(Cl)c(O)c([N+](=O)[O-])c1. The average molecular weight is 258 g/mol. The van der Waals surface area contributed by atoms with E-state index in [0.717, 1.165) is 19.1 Å². The molecule has 90 valence electrons. The van der Waals surface area contributed by atoms with Crippen LogP contribution < -0.4 is 5.11 Å². The Morgan fingerprint density at radius 2 is 2.06 bits per heavy atom. The first-order chi connectivity index (χ1) is 7.79. The van der Waals surface area contributed by atoms with Crippen molar-refractivity contribution in [3.8, 4) is 11.8 Å². The van der Waals surface area contributed by atoms with E-state index in [1.807, 2.05) is 0 Å². The van der Waals surface area contributed by atoms with E-state index in [0.29, 0.717) is 0 Å². The Kier molecular flexibility index (Phi) is 5.43. The third kappa shape index (κ3) is 4.81. The summed E-state index contributed by atoms with van der Waals surface area (Å²) >= 11 is 5.44. The Labute approximate surface area is 101 Å². The van der Waals surface area contributed by atoms with Gasteiger partial charge in [-0.3, -0.25) is 10.1 Å². The van der Waals surface area contributed by atoms with Crippen LogP contribution in [0.15, 0.2) is 12.1 Å². The molecule has 0 amide bonds. The van der Waals surface area contributed by atoms with E-state index in [9.17, 15) is 10.1 Å². The molecule has 0 saturated heterocycles. The molecule has 0 atom stereocenters. The molecule has 1 N–H and O–H groups in total. The van der Waals surface area contributed by atoms with Crippen molar-refractivity contribution < 1.29 is 19.9 Å². The van der Waals surface area contributed by atoms with E-state index in [4.69, 9.17) is 31.9 Å². The molecule has 7 nitrogen and oxygen atoms in total. The number of phenols is 1. The van der Waals surface area contributed by atoms with Crippen molar-refractivity contribution in [3.63, 3.8) is 0 Å². The van der Waals surface area contributed by atoms with Crippen molar-refractivity contribution in [2.75, 3.05) is 0 Å². The number of carbonyl (C=O) groups is 1. The van der Waals surface area contributed by atoms with Crippen molar-refractivity contribution in [2.24, 2.45) is 0 Å². The largest absolute Gasteiger partial charge is 0.550 e. The summed E-state index contributed by atoms with van der Waals surface area (Å²) in [5, 5.41) is 36.6. The normalized spacial score (nSPS) is 8.53. The highest BCUT2D eigenvalue weighted by molar-refractivity contribution is 6.32. The molecule has 17 heavy (non-hydrogen) atoms. The summed E-state index contributed by atoms with van der Waals surface area (Å²) in [4.78, 5) is 18.4. The number of hydrogen-bond acceptors (Lipinski definition) is 6. The monoisotopic (exact) mass is 257 g/mol. The van der Waals surface area contributed by atoms with Gasteiger partial charge in [0.1, 0.15) is 0 Å². The molecule has 0 bridgehead atoms. The molecular weight excluding hydrogens is 252 g/mol. The Morgan fingerprint density at radius 1 is 1.59 bits per heavy atom. The van der Waals surface area contributed by atoms with Gasteiger partial charge in [-0.05, 0) is 13.0 Å². The summed E-state index contributed by atoms with van der Waals surface area (Å²) in [6.07, 6.45) is 0. The summed E-state index contributed by atoms with van der Waals surface area (Å²) in [5.41, 5.74) is -0.529. The number of nitro benzene ring substituents is 1. The molecule has 1 aromatic carbocycles. The predicted molar refractivity (Wildman–Crippen MR) is 55.2 cm³/mol. The van der Waals surface area contributed by atoms with Gasteiger partial charge in [-0.25, -0.2) is 0 Å². The molecule has 0 aliphatic rings. The van der Waals surface area contributed by atoms with Gasteiger partial charge >= 0.3 is 5.69 Å². The van der Waals surface area contributed by atoms with Gasteiger partial charge < -0.3 is 15.0 Å². The van der Waals surface area contributed by atoms with Gasteiger partial charge in [-0.1, -0.05) is 11.6 Å². The van der Waals surface area contributed by atoms with Crippen LogP contribution in [0.5, 0.6) is 5.75 Å². The predicted octanol–water partition coefficient (Wildman–Crippen LogP) is 0.582. The smallest absolute Gasteiger partial charge is 0.313 e. The molecule has 1 rings (SSSR count). The van der Waals surface area contributed by atoms with E-state index in [-0.39, 0.29) is 10.6 Å². The Balaban J connectivity index is 0.000000557. The minimum absolute atomic E-state index is 0.0366. The van der Waals surface area contributed by atoms with Crippen LogP contribution in [0, 0.1) is 21.4 Å². The number of benzene rings is 1. The van der Waals surface area contributed by atoms with Crippen molar-refractivity contribution in [2.45, 2.75) is 6.92 Å². The van der Waals surface area contributed by atoms with Crippen LogP contribution >= 0.6 is 11.6 Å². The van der Waals surface area contributed by atoms with Crippen LogP contribution in [0.25, 0.3) is 0 Å². The Bertz CT molecular complexity index is 491. The first kappa shape index (κ1) is 14.7. The van der Waals surface area contributed by atoms with Gasteiger partial charge in [-0.2, -0.15) is 5.26 Å². The number of nitro groups is 1. The van der Waals surface area contributed by atoms with Crippen LogP contribution in [-0.2, 0) is 4.79 Å². The maximum absolute atomic E-state index is 10.3. The molecule has 0 aliphatic heterocycles. The lowest BCUT2D eigenvalue weighted by atomic mass is 10.2. The van der Waals surface area contributed by atoms with Crippen molar-refractivity contribution in [1.82, 2.24) is 0 Å². The van der Waals surface area contributed by atoms with Crippen LogP contribution in [0.2, 0.25) is 5.02 Å². The fraction of sp³-hybridized carbons (Fsp3) is 0.111. The van der Waals surface area contributed by atoms with E-state index < -0.39 is 22.3 Å². The standard InChI is InChI=1S/C7H3ClN2O3.C2H4O2/c8-5-1-4(3-9)2-6(7(5)11)10(12)13;1-2(3)4/h1-2,11H;1H3,(H,3,4)/p-1. The molecule has 0 fully saturated rings. The maximum Gasteiger partial charge on any atom is 0.313 e. The third-order valence-electron chi connectivity index (χ3n) is 1.37. The molecule has 0 spiro atoms. The molecule has 0 saturated carbocycles. The Morgan fingerprint density at radius 3 is 2.41 bits per heavy atom. The van der Waals surface area contributed by atoms with Crippen LogP contribution in [-0.4, -0.2) is 16.0 Å². The zero-order valence-electron chi connectivity index (χ0n) is 8.51. The number of rotatable bonds is 1. The maximum atomic E-state index is 10.3. The summed E-state index contributed by atoms with van der Waals surface area (Å²) < 4.78 is 0. The van der Waals surface area contributed by atoms with Gasteiger partial charge in [0.05, 0.1) is 21.6 Å². The molecule has 8 heteroatoms. The average Bonchev–Trinajstić information content (AvgIpc) is 2.20. The molecule has 1 aromatic rings. The number of nitriles is 1. The number of carboxylic acid groups (broad SMARTS) is 1. The number of hydrogen-bond donors (Lipinski definition) is 1. The lowest BCUT2D eigenvalue weighted by Crippen LogP contribution is -2.16. The zero-order valence-corrected chi connectivity index (χ0v) is 9.26. The molecule has 0 heterocycles. The van der Waals surface area contributed by atoms with E-state index in [2.05, 4.69) is 0 Å². The Hall–Kier alpha value is -2.33. The summed E-state index contributed by atoms with van der Waals surface area (Å²) in [6.45, 7) is 0.972. The summed E-state index contributed by atoms with van der Waals surface area (Å²) in [5.74, 6) is -1.70. The van der Waals surface area contributed by atoms with E-state index >= 15 is 0 Å². The molecule has 0 radical (unpaired) electrons. The number of aromatic hydroxyl groups is 1. The topological polar surface area (TPSA) is 127 Å². The van der Waals surface area contributed by atoms with E-state index in [1.54, 1.807) is 6.07 Å². The lowest BCUT2D eigenvalue weighted by molar-refractivity contribution is -0.385. The fourth-order valence-corrected chi connectivity index (χ4v) is 1.00. The zero-order chi connectivity index (χ0) is 13.6. The number of phenolic OH excluding ortho intramolecular Hbond substituents is 1. The number of carbonyl (C=O) groups excluding carboxylic acids is 1. The minimum atomic E-state index is -1.08. The number of halogens is 1. The molecule has 0 aromatic heterocycles. The second kappa shape index (κ2) is 6.30. The highest BCUT2D eigenvalue weighted by atomic mass is 35.5. The van der Waals surface area contributed by atoms with Gasteiger partial charge in [0.2, 0.25) is 5.75 Å². The summed E-state index contributed by atoms with van der Waals surface area (Å²) in [6, 6.07) is 3.81. The van der Waals surface area contributed by atoms with Gasteiger partial charge in [0.15, 0.2) is 0 Å². The minimum Gasteiger partial charge on any atom is -0.550 e. The van der Waals surface area contributed by atoms with Crippen LogP contribution in [0.1, 0.15) is 12.5 Å². The lowest BCUT2D eigenvalue weighted by Gasteiger charge is -1.98. The highest BCUT2D eigenvalue weighted by Gasteiger charge is 2.17. The molecular formula is C9H6ClN2O5-. The van der Waals surface area contributed by atoms with Crippen LogP contribution in [0.4, 0.5) is 5.69 Å². The second-order valence-corrected chi connectivity index (χ2v) is 3.09. The number of nitrogens with zero attached hydrogens (tertiary/aromatic N) is 2. The number of carboxylic acids is 1. The highest BCUT2D eigenvalue weighted by Crippen LogP contribution is 2.34. The van der Waals surface area contributed by atoms with Crippen molar-refractivity contribution in [3.05, 3.63) is 32.8 Å². The molecule has 0 unspecified atom stereocenters. The number of aliphatic carboxylic acids is 1. The first-order valence-corrected chi connectivity index (χ1v) is 4.42. The molecule has 0 aliphatic carbocycles. The fourth-order valence-electron chi connectivity index (χ4n) is 0.788. The summed E-state index contributed by atoms with van der Waals surface area (Å²) in [7, 11) is 0. The second-order valence-electron chi connectivity index (χ2n) is 2.69. The quantitative estimate of drug-likeness (QED) is 0.579. The van der Waals surface area contributed by atoms with Crippen molar-refractivity contribution >= 4 is 23.3 Å². The third-order valence-corrected chi connectivity index (χ3v) is 1.66. The van der Waals surface area contributed by atoms with Crippen molar-refractivity contribution in [1.29, 1.82) is 5.26 Å².